The number of rotatable bonds is 6. The molecule has 0 spiro atoms. The molecule has 1 aromatic carbocycles. The van der Waals surface area contributed by atoms with E-state index in [9.17, 15) is 13.2 Å². The van der Waals surface area contributed by atoms with Crippen molar-refractivity contribution in [1.29, 1.82) is 0 Å². The van der Waals surface area contributed by atoms with Gasteiger partial charge < -0.3 is 10.5 Å². The SMILES string of the molecule is NCCc1cc(OCCCC(F)(F)F)ccc1Br. The topological polar surface area (TPSA) is 35.2 Å². The Morgan fingerprint density at radius 2 is 2.00 bits per heavy atom. The molecule has 2 nitrogen and oxygen atoms in total. The number of hydrogen-bond donors (Lipinski definition) is 1. The van der Waals surface area contributed by atoms with Gasteiger partial charge in [0.15, 0.2) is 0 Å². The first-order valence-electron chi connectivity index (χ1n) is 5.60. The zero-order valence-corrected chi connectivity index (χ0v) is 11.4. The molecule has 0 heterocycles. The van der Waals surface area contributed by atoms with Crippen molar-refractivity contribution in [2.45, 2.75) is 25.4 Å². The van der Waals surface area contributed by atoms with Crippen LogP contribution in [0, 0.1) is 0 Å². The van der Waals surface area contributed by atoms with E-state index in [1.54, 1.807) is 12.1 Å². The van der Waals surface area contributed by atoms with Gasteiger partial charge in [0.1, 0.15) is 5.75 Å². The maximum Gasteiger partial charge on any atom is 0.389 e. The molecule has 0 aromatic heterocycles. The van der Waals surface area contributed by atoms with Crippen molar-refractivity contribution in [3.8, 4) is 5.75 Å². The lowest BCUT2D eigenvalue weighted by molar-refractivity contribution is -0.136. The minimum atomic E-state index is -4.12. The lowest BCUT2D eigenvalue weighted by Gasteiger charge is -2.10. The highest BCUT2D eigenvalue weighted by atomic mass is 79.9. The molecule has 6 heteroatoms. The summed E-state index contributed by atoms with van der Waals surface area (Å²) in [5, 5.41) is 0. The van der Waals surface area contributed by atoms with Crippen LogP contribution in [0.2, 0.25) is 0 Å². The zero-order chi connectivity index (χ0) is 13.6. The van der Waals surface area contributed by atoms with E-state index >= 15 is 0 Å². The fraction of sp³-hybridized carbons (Fsp3) is 0.500. The predicted octanol–water partition coefficient (Wildman–Crippen LogP) is 3.67. The van der Waals surface area contributed by atoms with Gasteiger partial charge in [-0.25, -0.2) is 0 Å². The third kappa shape index (κ3) is 5.73. The Morgan fingerprint density at radius 1 is 1.28 bits per heavy atom. The molecule has 0 aliphatic heterocycles. The summed E-state index contributed by atoms with van der Waals surface area (Å²) in [5.74, 6) is 0.573. The van der Waals surface area contributed by atoms with Crippen LogP contribution in [-0.2, 0) is 6.42 Å². The van der Waals surface area contributed by atoms with Gasteiger partial charge in [0.2, 0.25) is 0 Å². The Hall–Kier alpha value is -0.750. The van der Waals surface area contributed by atoms with Crippen molar-refractivity contribution in [2.75, 3.05) is 13.2 Å². The normalized spacial score (nSPS) is 11.6. The summed E-state index contributed by atoms with van der Waals surface area (Å²) < 4.78 is 42.0. The fourth-order valence-corrected chi connectivity index (χ4v) is 1.90. The second-order valence-corrected chi connectivity index (χ2v) is 4.71. The van der Waals surface area contributed by atoms with Gasteiger partial charge in [0.05, 0.1) is 6.61 Å². The molecular formula is C12H15BrF3NO. The molecule has 0 unspecified atom stereocenters. The van der Waals surface area contributed by atoms with Gasteiger partial charge in [-0.05, 0) is 43.1 Å². The van der Waals surface area contributed by atoms with E-state index in [0.29, 0.717) is 18.7 Å². The molecule has 102 valence electrons. The number of hydrogen-bond acceptors (Lipinski definition) is 2. The molecule has 1 aromatic rings. The smallest absolute Gasteiger partial charge is 0.389 e. The van der Waals surface area contributed by atoms with Gasteiger partial charge in [-0.1, -0.05) is 15.9 Å². The van der Waals surface area contributed by atoms with Gasteiger partial charge in [0.25, 0.3) is 0 Å². The van der Waals surface area contributed by atoms with Gasteiger partial charge in [-0.3, -0.25) is 0 Å². The van der Waals surface area contributed by atoms with Gasteiger partial charge in [-0.2, -0.15) is 13.2 Å². The van der Waals surface area contributed by atoms with Crippen molar-refractivity contribution in [3.05, 3.63) is 28.2 Å². The molecule has 0 fully saturated rings. The third-order valence-electron chi connectivity index (χ3n) is 2.30. The third-order valence-corrected chi connectivity index (χ3v) is 3.08. The summed E-state index contributed by atoms with van der Waals surface area (Å²) in [5.41, 5.74) is 6.45. The summed E-state index contributed by atoms with van der Waals surface area (Å²) in [6, 6.07) is 5.33. The van der Waals surface area contributed by atoms with Crippen LogP contribution in [0.5, 0.6) is 5.75 Å². The van der Waals surface area contributed by atoms with E-state index in [4.69, 9.17) is 10.5 Å². The zero-order valence-electron chi connectivity index (χ0n) is 9.77. The summed E-state index contributed by atoms with van der Waals surface area (Å²) in [6.07, 6.45) is -4.28. The van der Waals surface area contributed by atoms with Crippen molar-refractivity contribution < 1.29 is 17.9 Å². The minimum Gasteiger partial charge on any atom is -0.494 e. The first-order chi connectivity index (χ1) is 8.42. The molecule has 0 bridgehead atoms. The summed E-state index contributed by atoms with van der Waals surface area (Å²) in [6.45, 7) is 0.569. The fourth-order valence-electron chi connectivity index (χ4n) is 1.45. The van der Waals surface area contributed by atoms with E-state index < -0.39 is 12.6 Å². The molecule has 0 aliphatic carbocycles. The average Bonchev–Trinajstić information content (AvgIpc) is 2.28. The lowest BCUT2D eigenvalue weighted by Crippen LogP contribution is -2.10. The number of halogens is 4. The highest BCUT2D eigenvalue weighted by Crippen LogP contribution is 2.24. The van der Waals surface area contributed by atoms with Crippen LogP contribution >= 0.6 is 15.9 Å². The van der Waals surface area contributed by atoms with Crippen LogP contribution in [0.25, 0.3) is 0 Å². The maximum absolute atomic E-state index is 11.9. The molecular weight excluding hydrogens is 311 g/mol. The number of nitrogens with two attached hydrogens (primary N) is 1. The Bertz CT molecular complexity index is 382. The van der Waals surface area contributed by atoms with Crippen molar-refractivity contribution in [1.82, 2.24) is 0 Å². The standard InChI is InChI=1S/C12H15BrF3NO/c13-11-3-2-10(8-9(11)4-6-17)18-7-1-5-12(14,15)16/h2-3,8H,1,4-7,17H2. The van der Waals surface area contributed by atoms with Crippen LogP contribution in [-0.4, -0.2) is 19.3 Å². The van der Waals surface area contributed by atoms with Crippen LogP contribution < -0.4 is 10.5 Å². The van der Waals surface area contributed by atoms with E-state index in [1.165, 1.54) is 0 Å². The van der Waals surface area contributed by atoms with Gasteiger partial charge in [-0.15, -0.1) is 0 Å². The Kier molecular flexibility index (Phi) is 5.95. The average molecular weight is 326 g/mol. The molecule has 0 atom stereocenters. The summed E-state index contributed by atoms with van der Waals surface area (Å²) in [7, 11) is 0. The Balaban J connectivity index is 2.45. The molecule has 18 heavy (non-hydrogen) atoms. The van der Waals surface area contributed by atoms with Crippen LogP contribution in [0.3, 0.4) is 0 Å². The molecule has 0 amide bonds. The predicted molar refractivity (Wildman–Crippen MR) is 67.7 cm³/mol. The number of benzene rings is 1. The quantitative estimate of drug-likeness (QED) is 0.810. The first-order valence-corrected chi connectivity index (χ1v) is 6.40. The molecule has 2 N–H and O–H groups in total. The monoisotopic (exact) mass is 325 g/mol. The molecule has 1 rings (SSSR count). The maximum atomic E-state index is 11.9. The highest BCUT2D eigenvalue weighted by Gasteiger charge is 2.26. The summed E-state index contributed by atoms with van der Waals surface area (Å²) in [4.78, 5) is 0. The van der Waals surface area contributed by atoms with E-state index in [0.717, 1.165) is 10.0 Å². The van der Waals surface area contributed by atoms with Gasteiger partial charge in [0, 0.05) is 10.9 Å². The molecule has 0 saturated carbocycles. The van der Waals surface area contributed by atoms with E-state index in [2.05, 4.69) is 15.9 Å². The molecule has 0 radical (unpaired) electrons. The van der Waals surface area contributed by atoms with Crippen molar-refractivity contribution >= 4 is 15.9 Å². The van der Waals surface area contributed by atoms with Crippen LogP contribution in [0.4, 0.5) is 13.2 Å². The van der Waals surface area contributed by atoms with Crippen LogP contribution in [0.1, 0.15) is 18.4 Å². The second kappa shape index (κ2) is 6.99. The Morgan fingerprint density at radius 3 is 2.61 bits per heavy atom. The van der Waals surface area contributed by atoms with E-state index in [-0.39, 0.29) is 13.0 Å². The number of ether oxygens (including phenoxy) is 1. The molecule has 0 saturated heterocycles. The summed E-state index contributed by atoms with van der Waals surface area (Å²) >= 11 is 3.38. The van der Waals surface area contributed by atoms with Crippen LogP contribution in [0.15, 0.2) is 22.7 Å². The van der Waals surface area contributed by atoms with E-state index in [1.807, 2.05) is 6.07 Å². The minimum absolute atomic E-state index is 0.0359. The van der Waals surface area contributed by atoms with Gasteiger partial charge >= 0.3 is 6.18 Å². The largest absolute Gasteiger partial charge is 0.494 e. The lowest BCUT2D eigenvalue weighted by atomic mass is 10.1. The van der Waals surface area contributed by atoms with Crippen molar-refractivity contribution in [2.24, 2.45) is 5.73 Å². The first kappa shape index (κ1) is 15.3. The highest BCUT2D eigenvalue weighted by molar-refractivity contribution is 9.10. The molecule has 0 aliphatic rings. The Labute approximate surface area is 112 Å². The van der Waals surface area contributed by atoms with Crippen molar-refractivity contribution in [3.63, 3.8) is 0 Å². The second-order valence-electron chi connectivity index (χ2n) is 3.86. The number of alkyl halides is 3.